The fraction of sp³-hybridized carbons (Fsp3) is 0.733. The molecule has 2 aliphatic heterocycles. The number of unbranched alkanes of at least 4 members (excludes halogenated alkanes) is 10. The Bertz CT molecular complexity index is 3230. The fourth-order valence-electron chi connectivity index (χ4n) is 13.2. The van der Waals surface area contributed by atoms with Crippen LogP contribution in [0.1, 0.15) is 189 Å². The fourth-order valence-corrected chi connectivity index (χ4v) is 13.2. The number of carboxylic acids is 1. The van der Waals surface area contributed by atoms with Gasteiger partial charge < -0.3 is 126 Å². The molecule has 0 unspecified atom stereocenters. The molecular formula is C75H128N16O22. The monoisotopic (exact) mass is 1600 g/mol. The first-order valence-electron chi connectivity index (χ1n) is 39.4. The maximum absolute atomic E-state index is 14.6. The van der Waals surface area contributed by atoms with Gasteiger partial charge in [-0.1, -0.05) is 97.1 Å². The van der Waals surface area contributed by atoms with Gasteiger partial charge in [-0.15, -0.1) is 0 Å². The number of carbonyl (C=O) groups excluding carboxylic acids is 13. The van der Waals surface area contributed by atoms with E-state index < -0.39 is 211 Å². The molecule has 3 rings (SSSR count). The highest BCUT2D eigenvalue weighted by molar-refractivity contribution is 6.00. The van der Waals surface area contributed by atoms with Crippen LogP contribution in [-0.4, -0.2) is 289 Å². The number of hydrogen-bond acceptors (Lipinski definition) is 25. The number of aliphatic hydroxyl groups excluding tert-OH is 5. The second-order valence-corrected chi connectivity index (χ2v) is 29.8. The molecular weight excluding hydrogens is 1480 g/mol. The first kappa shape index (κ1) is 98.4. The lowest BCUT2D eigenvalue weighted by Gasteiger charge is -2.33. The largest absolute Gasteiger partial charge is 0.508 e. The van der Waals surface area contributed by atoms with Crippen LogP contribution in [0, 0.1) is 5.92 Å². The van der Waals surface area contributed by atoms with E-state index in [2.05, 4.69) is 54.8 Å². The van der Waals surface area contributed by atoms with E-state index in [4.69, 9.17) is 27.7 Å². The number of aromatic hydroxyl groups is 1. The number of aliphatic hydroxyl groups is 5. The quantitative estimate of drug-likeness (QED) is 0.0217. The summed E-state index contributed by atoms with van der Waals surface area (Å²) in [4.78, 5) is 196. The molecule has 38 nitrogen and oxygen atoms in total. The van der Waals surface area contributed by atoms with Crippen LogP contribution in [0.5, 0.6) is 5.75 Å². The molecule has 0 saturated carbocycles. The molecule has 2 aliphatic rings. The van der Waals surface area contributed by atoms with Gasteiger partial charge in [-0.25, -0.2) is 4.79 Å². The number of ether oxygens (including phenoxy) is 1. The van der Waals surface area contributed by atoms with Crippen LogP contribution in [-0.2, 0) is 78.3 Å². The highest BCUT2D eigenvalue weighted by Crippen LogP contribution is 2.24. The van der Waals surface area contributed by atoms with Crippen LogP contribution in [0.2, 0.25) is 0 Å². The van der Waals surface area contributed by atoms with Crippen LogP contribution in [0.25, 0.3) is 0 Å². The maximum atomic E-state index is 14.6. The number of hydrogen-bond donors (Lipinski definition) is 20. The third-order valence-corrected chi connectivity index (χ3v) is 19.8. The molecule has 38 heteroatoms. The van der Waals surface area contributed by atoms with Crippen LogP contribution >= 0.6 is 0 Å². The molecule has 1 aromatic carbocycles. The zero-order valence-corrected chi connectivity index (χ0v) is 66.6. The van der Waals surface area contributed by atoms with Crippen molar-refractivity contribution >= 4 is 82.8 Å². The van der Waals surface area contributed by atoms with Crippen molar-refractivity contribution in [1.82, 2.24) is 62.6 Å². The third-order valence-electron chi connectivity index (χ3n) is 19.8. The normalized spacial score (nSPS) is 18.2. The average Bonchev–Trinajstić information content (AvgIpc) is 1.73. The van der Waals surface area contributed by atoms with E-state index in [-0.39, 0.29) is 70.2 Å². The lowest BCUT2D eigenvalue weighted by Crippen LogP contribution is -2.63. The Balaban J connectivity index is 1.78. The summed E-state index contributed by atoms with van der Waals surface area (Å²) in [5.41, 5.74) is 23.2. The summed E-state index contributed by atoms with van der Waals surface area (Å²) in [5, 5.41) is 95.3. The highest BCUT2D eigenvalue weighted by atomic mass is 16.5. The zero-order chi connectivity index (χ0) is 84.8. The number of likely N-dealkylation sites (tertiary alicyclic amines) is 2. The van der Waals surface area contributed by atoms with Crippen molar-refractivity contribution < 1.29 is 108 Å². The minimum absolute atomic E-state index is 0.0250. The van der Waals surface area contributed by atoms with Crippen molar-refractivity contribution in [2.45, 2.75) is 293 Å². The number of carbonyl (C=O) groups is 14. The van der Waals surface area contributed by atoms with Crippen molar-refractivity contribution in [3.05, 3.63) is 29.8 Å². The minimum Gasteiger partial charge on any atom is -0.508 e. The molecule has 17 atom stereocenters. The molecule has 2 heterocycles. The number of esters is 1. The Morgan fingerprint density at radius 1 is 0.522 bits per heavy atom. The van der Waals surface area contributed by atoms with Gasteiger partial charge in [0.2, 0.25) is 70.9 Å². The molecule has 640 valence electrons. The van der Waals surface area contributed by atoms with Gasteiger partial charge in [0.25, 0.3) is 0 Å². The lowest BCUT2D eigenvalue weighted by molar-refractivity contribution is -0.157. The summed E-state index contributed by atoms with van der Waals surface area (Å²) in [6.07, 6.45) is 0.987. The van der Waals surface area contributed by atoms with Gasteiger partial charge in [-0.3, -0.25) is 62.3 Å². The lowest BCUT2D eigenvalue weighted by atomic mass is 9.99. The number of carboxylic acid groups (broad SMARTS) is 1. The van der Waals surface area contributed by atoms with Gasteiger partial charge in [0.1, 0.15) is 78.3 Å². The topological polar surface area (TPSA) is 612 Å². The van der Waals surface area contributed by atoms with Gasteiger partial charge >= 0.3 is 11.9 Å². The molecule has 0 aliphatic carbocycles. The number of primary amides is 1. The maximum Gasteiger partial charge on any atom is 0.328 e. The number of nitrogens with zero attached hydrogens (tertiary/aromatic N) is 3. The van der Waals surface area contributed by atoms with E-state index in [1.54, 1.807) is 13.8 Å². The zero-order valence-electron chi connectivity index (χ0n) is 66.6. The molecule has 0 aromatic heterocycles. The molecule has 2 fully saturated rings. The van der Waals surface area contributed by atoms with E-state index >= 15 is 0 Å². The second-order valence-electron chi connectivity index (χ2n) is 29.8. The summed E-state index contributed by atoms with van der Waals surface area (Å²) in [7, 11) is 0. The van der Waals surface area contributed by atoms with Gasteiger partial charge in [0.15, 0.2) is 0 Å². The number of nitrogens with one attached hydrogen (secondary N) is 9. The summed E-state index contributed by atoms with van der Waals surface area (Å²) >= 11 is 0. The van der Waals surface area contributed by atoms with E-state index in [0.29, 0.717) is 44.7 Å². The first-order valence-corrected chi connectivity index (χ1v) is 39.4. The number of phenols is 1. The number of aliphatic carboxylic acids is 1. The van der Waals surface area contributed by atoms with Crippen LogP contribution in [0.3, 0.4) is 0 Å². The van der Waals surface area contributed by atoms with E-state index in [0.717, 1.165) is 57.8 Å². The Hall–Kier alpha value is -8.76. The average molecular weight is 1610 g/mol. The Morgan fingerprint density at radius 2 is 1.01 bits per heavy atom. The SMILES string of the molecule is CCCCCCCCCCCCC[C@H](CC(=O)O)OC(=O)[C@H](CCCN(CCN)CCN)NC(=O)[C@@H](NC(=O)CNC(=O)[C@@H](NC(=O)[C@@H]1CCCN1C(=O)[C@@H](NC(=O)[C@@H](NC(=O)[C@@H]1CCCN1C(=O)[C@@H](NC(=O)[C@H](Cc1ccc(O)cc1)NC(=O)[C@@H](C)NC(=O)[C@@H](N)[C@@H](C)O)C(C)C)[C@@H](C)O)[C@@H](C)O)[C@H](O)CC(N)=O)[C@@H](C)O. The minimum atomic E-state index is -2.09. The predicted octanol–water partition coefficient (Wildman–Crippen LogP) is -4.24. The van der Waals surface area contributed by atoms with Crippen molar-refractivity contribution in [3.8, 4) is 5.75 Å². The molecule has 113 heavy (non-hydrogen) atoms. The van der Waals surface area contributed by atoms with Crippen LogP contribution < -0.4 is 70.8 Å². The number of rotatable bonds is 54. The number of nitrogens with two attached hydrogens (primary N) is 4. The van der Waals surface area contributed by atoms with Gasteiger partial charge in [-0.2, -0.15) is 0 Å². The van der Waals surface area contributed by atoms with Crippen molar-refractivity contribution in [1.29, 1.82) is 0 Å². The van der Waals surface area contributed by atoms with Gasteiger partial charge in [0.05, 0.1) is 49.9 Å². The predicted molar refractivity (Wildman–Crippen MR) is 412 cm³/mol. The van der Waals surface area contributed by atoms with Crippen molar-refractivity contribution in [2.75, 3.05) is 52.4 Å². The number of benzene rings is 1. The first-order chi connectivity index (χ1) is 53.4. The molecule has 1 aromatic rings. The van der Waals surface area contributed by atoms with E-state index in [9.17, 15) is 103 Å². The molecule has 2 saturated heterocycles. The Morgan fingerprint density at radius 3 is 1.50 bits per heavy atom. The van der Waals surface area contributed by atoms with E-state index in [1.165, 1.54) is 75.1 Å². The summed E-state index contributed by atoms with van der Waals surface area (Å²) in [5.74, 6) is -15.3. The molecule has 0 bridgehead atoms. The Labute approximate surface area is 660 Å². The standard InChI is InChI=1S/C75H128N16O22/c1-9-10-11-12-13-14-15-16-17-18-19-23-50(39-58(100)101)113-75(112)51(24-20-33-89(36-31-76)37-32-77)82-71(108)61(45(6)93)84-57(99)41-80-70(107)64(55(97)40-56(78)98)88-68(105)54-26-22-35-91(54)74(111)63(47(8)95)87-72(109)62(46(7)94)86-67(104)53-25-21-34-90(53)73(110)60(42(2)3)85-66(103)52(38-48-27-29-49(96)30-28-48)83-65(102)43(4)81-69(106)59(79)44(5)92/h27-30,42-47,50-55,59-64,92-97H,9-26,31-41,76-77,79H2,1-8H3,(H2,78,98)(H,80,107)(H,81,106)(H,82,108)(H,83,102)(H,84,99)(H,85,103)(H,86,104)(H,87,109)(H,88,105)(H,100,101)/t43-,44-,45-,46-,47-,50-,51+,52+,53+,54+,55-,59+,60+,61+,62+,63+,64+/m1/s1. The van der Waals surface area contributed by atoms with Gasteiger partial charge in [-0.05, 0) is 116 Å². The van der Waals surface area contributed by atoms with Crippen LogP contribution in [0.4, 0.5) is 0 Å². The molecule has 0 radical (unpaired) electrons. The van der Waals surface area contributed by atoms with Crippen LogP contribution in [0.15, 0.2) is 24.3 Å². The second kappa shape index (κ2) is 51.2. The van der Waals surface area contributed by atoms with Crippen molar-refractivity contribution in [2.24, 2.45) is 28.9 Å². The third kappa shape index (κ3) is 34.5. The molecule has 12 amide bonds. The highest BCUT2D eigenvalue weighted by Gasteiger charge is 2.45. The number of phenolic OH excluding ortho intramolecular Hbond substituents is 1. The number of amides is 12. The van der Waals surface area contributed by atoms with Gasteiger partial charge in [0, 0.05) is 45.7 Å². The Kier molecular flexibility index (Phi) is 44.6. The summed E-state index contributed by atoms with van der Waals surface area (Å²) < 4.78 is 5.76. The smallest absolute Gasteiger partial charge is 0.328 e. The molecule has 0 spiro atoms. The van der Waals surface area contributed by atoms with E-state index in [1.807, 2.05) is 4.90 Å². The van der Waals surface area contributed by atoms with Crippen molar-refractivity contribution in [3.63, 3.8) is 0 Å². The summed E-state index contributed by atoms with van der Waals surface area (Å²) in [6.45, 7) is 12.0. The summed E-state index contributed by atoms with van der Waals surface area (Å²) in [6, 6.07) is -11.7. The molecule has 24 N–H and O–H groups in total.